The molecule has 0 radical (unpaired) electrons. The number of ether oxygens (including phenoxy) is 5. The second kappa shape index (κ2) is 9.53. The molecule has 5 atom stereocenters. The minimum Gasteiger partial charge on any atom is -0.497 e. The van der Waals surface area contributed by atoms with Gasteiger partial charge in [0.25, 0.3) is 11.8 Å². The summed E-state index contributed by atoms with van der Waals surface area (Å²) < 4.78 is 29.6. The molecule has 11 heteroatoms. The van der Waals surface area contributed by atoms with Crippen molar-refractivity contribution in [3.05, 3.63) is 75.7 Å². The number of fused-ring (bicyclic) bond motifs is 2. The van der Waals surface area contributed by atoms with Gasteiger partial charge in [-0.05, 0) is 49.2 Å². The van der Waals surface area contributed by atoms with Gasteiger partial charge >= 0.3 is 0 Å². The zero-order chi connectivity index (χ0) is 25.4. The topological polar surface area (TPSA) is 132 Å². The zero-order valence-corrected chi connectivity index (χ0v) is 20.1. The van der Waals surface area contributed by atoms with Crippen molar-refractivity contribution in [1.29, 1.82) is 0 Å². The van der Waals surface area contributed by atoms with Gasteiger partial charge in [0.1, 0.15) is 30.1 Å². The molecule has 0 bridgehead atoms. The van der Waals surface area contributed by atoms with Crippen LogP contribution in [-0.4, -0.2) is 66.8 Å². The summed E-state index contributed by atoms with van der Waals surface area (Å²) >= 11 is 0. The smallest absolute Gasteiger partial charge is 0.261 e. The van der Waals surface area contributed by atoms with E-state index in [0.717, 1.165) is 10.5 Å². The molecule has 36 heavy (non-hydrogen) atoms. The van der Waals surface area contributed by atoms with Crippen LogP contribution in [0.25, 0.3) is 10.4 Å². The summed E-state index contributed by atoms with van der Waals surface area (Å²) in [5.74, 6) is -1.08. The Bertz CT molecular complexity index is 1180. The van der Waals surface area contributed by atoms with E-state index in [1.807, 2.05) is 24.3 Å². The van der Waals surface area contributed by atoms with Gasteiger partial charge in [0.05, 0.1) is 31.4 Å². The predicted molar refractivity (Wildman–Crippen MR) is 125 cm³/mol. The molecule has 2 aromatic carbocycles. The van der Waals surface area contributed by atoms with Crippen molar-refractivity contribution >= 4 is 11.8 Å². The van der Waals surface area contributed by atoms with Crippen LogP contribution in [0.1, 0.15) is 40.1 Å². The molecule has 3 aliphatic rings. The third-order valence-electron chi connectivity index (χ3n) is 6.45. The fourth-order valence-corrected chi connectivity index (χ4v) is 4.80. The number of imide groups is 1. The SMILES string of the molecule is COc1ccc(CO[C@H]2O[C@H](CN3C(=O)c4ccccc4C3=O)[C@@H]3OC(C)(C)O[C@@H]3[C@H]2N=[N+]=[N-])cc1. The average molecular weight is 495 g/mol. The summed E-state index contributed by atoms with van der Waals surface area (Å²) in [6, 6.07) is 13.1. The van der Waals surface area contributed by atoms with Crippen molar-refractivity contribution in [2.24, 2.45) is 5.11 Å². The molecular formula is C25H26N4O7. The van der Waals surface area contributed by atoms with Crippen LogP contribution in [-0.2, 0) is 25.6 Å². The molecule has 0 aliphatic carbocycles. The van der Waals surface area contributed by atoms with Crippen molar-refractivity contribution < 1.29 is 33.3 Å². The van der Waals surface area contributed by atoms with Gasteiger partial charge in [-0.3, -0.25) is 14.5 Å². The van der Waals surface area contributed by atoms with Crippen LogP contribution in [0.4, 0.5) is 0 Å². The van der Waals surface area contributed by atoms with Gasteiger partial charge in [0.2, 0.25) is 0 Å². The van der Waals surface area contributed by atoms with Gasteiger partial charge in [-0.1, -0.05) is 29.4 Å². The number of amides is 2. The molecule has 11 nitrogen and oxygen atoms in total. The first-order valence-electron chi connectivity index (χ1n) is 11.6. The number of azide groups is 1. The Balaban J connectivity index is 1.39. The molecule has 3 aliphatic heterocycles. The van der Waals surface area contributed by atoms with Crippen molar-refractivity contribution in [3.63, 3.8) is 0 Å². The maximum Gasteiger partial charge on any atom is 0.261 e. The lowest BCUT2D eigenvalue weighted by Crippen LogP contribution is -2.59. The summed E-state index contributed by atoms with van der Waals surface area (Å²) in [6.07, 6.45) is -3.17. The van der Waals surface area contributed by atoms with E-state index in [4.69, 9.17) is 23.7 Å². The highest BCUT2D eigenvalue weighted by molar-refractivity contribution is 6.21. The lowest BCUT2D eigenvalue weighted by Gasteiger charge is -2.41. The Hall–Kier alpha value is -3.47. The molecule has 0 N–H and O–H groups in total. The van der Waals surface area contributed by atoms with Crippen LogP contribution in [0, 0.1) is 0 Å². The lowest BCUT2D eigenvalue weighted by atomic mass is 9.97. The predicted octanol–water partition coefficient (Wildman–Crippen LogP) is 3.43. The van der Waals surface area contributed by atoms with E-state index in [0.29, 0.717) is 16.9 Å². The van der Waals surface area contributed by atoms with Crippen LogP contribution in [0.2, 0.25) is 0 Å². The lowest BCUT2D eigenvalue weighted by molar-refractivity contribution is -0.244. The van der Waals surface area contributed by atoms with Crippen molar-refractivity contribution in [2.75, 3.05) is 13.7 Å². The van der Waals surface area contributed by atoms with Crippen molar-refractivity contribution in [3.8, 4) is 5.75 Å². The number of rotatable bonds is 7. The molecule has 0 saturated carbocycles. The Morgan fingerprint density at radius 1 is 1.03 bits per heavy atom. The number of benzene rings is 2. The fourth-order valence-electron chi connectivity index (χ4n) is 4.80. The minimum absolute atomic E-state index is 0.0711. The van der Waals surface area contributed by atoms with Crippen LogP contribution in [0.15, 0.2) is 53.6 Å². The number of nitrogens with zero attached hydrogens (tertiary/aromatic N) is 4. The first-order valence-corrected chi connectivity index (χ1v) is 11.6. The third kappa shape index (κ3) is 4.43. The van der Waals surface area contributed by atoms with E-state index in [1.54, 1.807) is 45.2 Å². The van der Waals surface area contributed by atoms with Crippen LogP contribution < -0.4 is 4.74 Å². The van der Waals surface area contributed by atoms with Gasteiger partial charge in [-0.15, -0.1) is 0 Å². The monoisotopic (exact) mass is 494 g/mol. The van der Waals surface area contributed by atoms with Crippen LogP contribution in [0.3, 0.4) is 0 Å². The standard InChI is InChI=1S/C25H26N4O7/c1-25(2)35-20-18(12-29-22(30)16-6-4-5-7-17(16)23(29)31)34-24(19(27-28-26)21(20)36-25)33-13-14-8-10-15(32-3)11-9-14/h4-11,18-21,24H,12-13H2,1-3H3/t18-,19-,20+,21-,24+/m1/s1. The molecule has 2 saturated heterocycles. The highest BCUT2D eigenvalue weighted by atomic mass is 16.8. The van der Waals surface area contributed by atoms with Gasteiger partial charge in [0, 0.05) is 4.91 Å². The fraction of sp³-hybridized carbons (Fsp3) is 0.440. The Labute approximate surface area is 207 Å². The highest BCUT2D eigenvalue weighted by Crippen LogP contribution is 2.40. The maximum absolute atomic E-state index is 13.0. The van der Waals surface area contributed by atoms with E-state index < -0.39 is 48.2 Å². The first-order chi connectivity index (χ1) is 17.3. The molecule has 5 rings (SSSR count). The number of carbonyl (C=O) groups excluding carboxylic acids is 2. The van der Waals surface area contributed by atoms with Gasteiger partial charge in [-0.2, -0.15) is 0 Å². The summed E-state index contributed by atoms with van der Waals surface area (Å²) in [6.45, 7) is 3.57. The molecule has 2 aromatic rings. The van der Waals surface area contributed by atoms with Crippen molar-refractivity contribution in [1.82, 2.24) is 4.90 Å². The number of methoxy groups -OCH3 is 1. The second-order valence-electron chi connectivity index (χ2n) is 9.23. The van der Waals surface area contributed by atoms with Gasteiger partial charge < -0.3 is 23.7 Å². The zero-order valence-electron chi connectivity index (χ0n) is 20.1. The number of hydrogen-bond donors (Lipinski definition) is 0. The van der Waals surface area contributed by atoms with Gasteiger partial charge in [-0.25, -0.2) is 0 Å². The van der Waals surface area contributed by atoms with E-state index >= 15 is 0 Å². The Morgan fingerprint density at radius 3 is 2.28 bits per heavy atom. The largest absolute Gasteiger partial charge is 0.497 e. The summed E-state index contributed by atoms with van der Waals surface area (Å²) in [5.41, 5.74) is 10.8. The first kappa shape index (κ1) is 24.2. The molecule has 2 amide bonds. The molecular weight excluding hydrogens is 468 g/mol. The third-order valence-corrected chi connectivity index (χ3v) is 6.45. The number of hydrogen-bond acceptors (Lipinski definition) is 8. The van der Waals surface area contributed by atoms with Gasteiger partial charge in [0.15, 0.2) is 12.1 Å². The quantitative estimate of drug-likeness (QED) is 0.249. The molecule has 0 spiro atoms. The van der Waals surface area contributed by atoms with E-state index in [-0.39, 0.29) is 13.2 Å². The summed E-state index contributed by atoms with van der Waals surface area (Å²) in [7, 11) is 1.59. The Morgan fingerprint density at radius 2 is 1.67 bits per heavy atom. The average Bonchev–Trinajstić information content (AvgIpc) is 3.33. The number of carbonyl (C=O) groups is 2. The highest BCUT2D eigenvalue weighted by Gasteiger charge is 2.56. The van der Waals surface area contributed by atoms with Crippen molar-refractivity contribution in [2.45, 2.75) is 56.9 Å². The van der Waals surface area contributed by atoms with Crippen LogP contribution >= 0.6 is 0 Å². The van der Waals surface area contributed by atoms with E-state index in [2.05, 4.69) is 10.0 Å². The van der Waals surface area contributed by atoms with Crippen LogP contribution in [0.5, 0.6) is 5.75 Å². The molecule has 3 heterocycles. The molecule has 2 fully saturated rings. The van der Waals surface area contributed by atoms with E-state index in [9.17, 15) is 15.1 Å². The second-order valence-corrected chi connectivity index (χ2v) is 9.23. The molecule has 188 valence electrons. The van der Waals surface area contributed by atoms with E-state index in [1.165, 1.54) is 0 Å². The maximum atomic E-state index is 13.0. The Kier molecular flexibility index (Phi) is 6.42. The normalized spacial score (nSPS) is 28.4. The summed E-state index contributed by atoms with van der Waals surface area (Å²) in [4.78, 5) is 30.1. The summed E-state index contributed by atoms with van der Waals surface area (Å²) in [5, 5.41) is 3.90. The minimum atomic E-state index is -0.998. The molecule has 0 aromatic heterocycles. The molecule has 0 unspecified atom stereocenters.